The average molecular weight is 417 g/mol. The van der Waals surface area contributed by atoms with Crippen molar-refractivity contribution in [3.05, 3.63) is 54.5 Å². The van der Waals surface area contributed by atoms with Gasteiger partial charge in [-0.05, 0) is 54.8 Å². The molecule has 1 atom stereocenters. The van der Waals surface area contributed by atoms with Crippen molar-refractivity contribution in [2.24, 2.45) is 0 Å². The van der Waals surface area contributed by atoms with Crippen LogP contribution in [0.1, 0.15) is 24.7 Å². The van der Waals surface area contributed by atoms with E-state index in [0.29, 0.717) is 12.2 Å². The highest BCUT2D eigenvalue weighted by atomic mass is 32.2. The summed E-state index contributed by atoms with van der Waals surface area (Å²) >= 11 is 3.41. The number of aromatic nitrogens is 3. The summed E-state index contributed by atoms with van der Waals surface area (Å²) in [5, 5.41) is 11.7. The topological polar surface area (TPSA) is 68.5 Å². The van der Waals surface area contributed by atoms with Crippen molar-refractivity contribution in [1.82, 2.24) is 19.9 Å². The van der Waals surface area contributed by atoms with Crippen LogP contribution in [-0.2, 0) is 4.79 Å². The van der Waals surface area contributed by atoms with Gasteiger partial charge in [0, 0.05) is 23.3 Å². The number of ether oxygens (including phenoxy) is 1. The zero-order chi connectivity index (χ0) is 19.8. The third-order valence-electron chi connectivity index (χ3n) is 4.25. The number of fused-ring (bicyclic) bond motifs is 1. The number of thioether (sulfide) groups is 2. The molecule has 0 fully saturated rings. The molecule has 0 bridgehead atoms. The predicted molar refractivity (Wildman–Crippen MR) is 115 cm³/mol. The summed E-state index contributed by atoms with van der Waals surface area (Å²) in [5.41, 5.74) is 0.788. The number of benzene rings is 1. The lowest BCUT2D eigenvalue weighted by Crippen LogP contribution is -2.30. The summed E-state index contributed by atoms with van der Waals surface area (Å²) in [4.78, 5) is 13.7. The van der Waals surface area contributed by atoms with Crippen molar-refractivity contribution in [2.75, 3.05) is 24.9 Å². The molecule has 1 aromatic carbocycles. The van der Waals surface area contributed by atoms with Crippen molar-refractivity contribution in [3.63, 3.8) is 0 Å². The molecule has 3 aromatic rings. The number of amides is 1. The number of carbonyl (C=O) groups excluding carboxylic acids is 1. The normalized spacial score (nSPS) is 12.1. The molecule has 0 radical (unpaired) electrons. The molecule has 2 aromatic heterocycles. The van der Waals surface area contributed by atoms with Gasteiger partial charge in [0.2, 0.25) is 5.91 Å². The van der Waals surface area contributed by atoms with Crippen LogP contribution >= 0.6 is 23.5 Å². The molecule has 6 nitrogen and oxygen atoms in total. The minimum atomic E-state index is -0.150. The van der Waals surface area contributed by atoms with E-state index in [1.54, 1.807) is 30.6 Å². The van der Waals surface area contributed by atoms with E-state index in [1.807, 2.05) is 53.1 Å². The molecule has 0 aliphatic carbocycles. The number of nitrogens with zero attached hydrogens (tertiary/aromatic N) is 3. The first kappa shape index (κ1) is 20.5. The van der Waals surface area contributed by atoms with Crippen molar-refractivity contribution >= 4 is 35.1 Å². The van der Waals surface area contributed by atoms with Gasteiger partial charge in [-0.25, -0.2) is 0 Å². The summed E-state index contributed by atoms with van der Waals surface area (Å²) in [6.07, 6.45) is 5.26. The minimum absolute atomic E-state index is 0.0276. The molecule has 1 N–H and O–H groups in total. The molecule has 1 unspecified atom stereocenters. The van der Waals surface area contributed by atoms with Gasteiger partial charge >= 0.3 is 0 Å². The Hall–Kier alpha value is -2.19. The van der Waals surface area contributed by atoms with Gasteiger partial charge in [-0.1, -0.05) is 6.07 Å². The lowest BCUT2D eigenvalue weighted by atomic mass is 10.2. The molecule has 148 valence electrons. The summed E-state index contributed by atoms with van der Waals surface area (Å²) < 4.78 is 7.11. The van der Waals surface area contributed by atoms with Gasteiger partial charge in [0.15, 0.2) is 11.5 Å². The Kier molecular flexibility index (Phi) is 7.62. The van der Waals surface area contributed by atoms with Gasteiger partial charge in [-0.2, -0.15) is 11.8 Å². The van der Waals surface area contributed by atoms with Crippen LogP contribution in [0.3, 0.4) is 0 Å². The minimum Gasteiger partial charge on any atom is -0.497 e. The second kappa shape index (κ2) is 10.4. The van der Waals surface area contributed by atoms with Crippen LogP contribution in [0.25, 0.3) is 5.65 Å². The zero-order valence-corrected chi connectivity index (χ0v) is 17.6. The van der Waals surface area contributed by atoms with Crippen LogP contribution in [0, 0.1) is 0 Å². The second-order valence-corrected chi connectivity index (χ2v) is 8.32. The van der Waals surface area contributed by atoms with Gasteiger partial charge in [-0.15, -0.1) is 22.0 Å². The maximum atomic E-state index is 12.5. The lowest BCUT2D eigenvalue weighted by Gasteiger charge is -2.17. The highest BCUT2D eigenvalue weighted by molar-refractivity contribution is 7.99. The largest absolute Gasteiger partial charge is 0.497 e. The molecule has 2 heterocycles. The molecule has 3 rings (SSSR count). The van der Waals surface area contributed by atoms with Crippen molar-refractivity contribution in [1.29, 1.82) is 0 Å². The molecule has 0 aliphatic rings. The van der Waals surface area contributed by atoms with Gasteiger partial charge in [-0.3, -0.25) is 9.20 Å². The predicted octanol–water partition coefficient (Wildman–Crippen LogP) is 3.83. The highest BCUT2D eigenvalue weighted by Crippen LogP contribution is 2.22. The number of nitrogens with one attached hydrogen (secondary N) is 1. The fraction of sp³-hybridized carbons (Fsp3) is 0.350. The molecular weight excluding hydrogens is 392 g/mol. The van der Waals surface area contributed by atoms with E-state index >= 15 is 0 Å². The fourth-order valence-corrected chi connectivity index (χ4v) is 4.12. The van der Waals surface area contributed by atoms with Gasteiger partial charge in [0.05, 0.1) is 13.2 Å². The Morgan fingerprint density at radius 1 is 1.18 bits per heavy atom. The second-order valence-electron chi connectivity index (χ2n) is 6.16. The van der Waals surface area contributed by atoms with Crippen molar-refractivity contribution in [2.45, 2.75) is 23.8 Å². The van der Waals surface area contributed by atoms with Gasteiger partial charge < -0.3 is 10.1 Å². The Morgan fingerprint density at radius 2 is 2.00 bits per heavy atom. The molecule has 0 spiro atoms. The third-order valence-corrected chi connectivity index (χ3v) is 5.91. The Balaban J connectivity index is 1.58. The Labute approximate surface area is 173 Å². The van der Waals surface area contributed by atoms with E-state index in [2.05, 4.69) is 21.8 Å². The number of pyridine rings is 1. The first-order valence-electron chi connectivity index (χ1n) is 9.06. The maximum absolute atomic E-state index is 12.5. The standard InChI is InChI=1S/C20H24N4O2S2/c1-26-15-6-8-16(9-7-15)28-14-11-19(25)21-17(10-13-27-2)20-23-22-18-5-3-4-12-24(18)20/h3-9,12,17H,10-11,13-14H2,1-2H3,(H,21,25). The Bertz CT molecular complexity index is 899. The molecule has 8 heteroatoms. The SMILES string of the molecule is COc1ccc(SCCC(=O)NC(CCSC)c2nnc3ccccn23)cc1. The quantitative estimate of drug-likeness (QED) is 0.507. The van der Waals surface area contributed by atoms with Crippen molar-refractivity contribution < 1.29 is 9.53 Å². The van der Waals surface area contributed by atoms with Gasteiger partial charge in [0.1, 0.15) is 5.75 Å². The summed E-state index contributed by atoms with van der Waals surface area (Å²) in [6, 6.07) is 13.5. The van der Waals surface area contributed by atoms with Gasteiger partial charge in [0.25, 0.3) is 0 Å². The molecule has 28 heavy (non-hydrogen) atoms. The molecular formula is C20H24N4O2S2. The molecule has 1 amide bonds. The molecule has 0 saturated heterocycles. The summed E-state index contributed by atoms with van der Waals surface area (Å²) in [6.45, 7) is 0. The van der Waals surface area contributed by atoms with E-state index < -0.39 is 0 Å². The van der Waals surface area contributed by atoms with E-state index in [9.17, 15) is 4.79 Å². The monoisotopic (exact) mass is 416 g/mol. The lowest BCUT2D eigenvalue weighted by molar-refractivity contribution is -0.121. The molecule has 0 aliphatic heterocycles. The average Bonchev–Trinajstić information content (AvgIpc) is 3.16. The smallest absolute Gasteiger partial charge is 0.221 e. The Morgan fingerprint density at radius 3 is 2.75 bits per heavy atom. The van der Waals surface area contributed by atoms with E-state index in [0.717, 1.165) is 34.3 Å². The van der Waals surface area contributed by atoms with Crippen molar-refractivity contribution in [3.8, 4) is 5.75 Å². The van der Waals surface area contributed by atoms with Crippen LogP contribution in [-0.4, -0.2) is 45.4 Å². The summed E-state index contributed by atoms with van der Waals surface area (Å²) in [5.74, 6) is 3.29. The number of rotatable bonds is 10. The number of carbonyl (C=O) groups is 1. The first-order valence-corrected chi connectivity index (χ1v) is 11.4. The number of methoxy groups -OCH3 is 1. The van der Waals surface area contributed by atoms with Crippen LogP contribution in [0.5, 0.6) is 5.75 Å². The zero-order valence-electron chi connectivity index (χ0n) is 16.0. The van der Waals surface area contributed by atoms with Crippen LogP contribution in [0.15, 0.2) is 53.6 Å². The highest BCUT2D eigenvalue weighted by Gasteiger charge is 2.20. The van der Waals surface area contributed by atoms with Crippen LogP contribution < -0.4 is 10.1 Å². The van der Waals surface area contributed by atoms with E-state index in [1.165, 1.54) is 0 Å². The van der Waals surface area contributed by atoms with Crippen LogP contribution in [0.2, 0.25) is 0 Å². The van der Waals surface area contributed by atoms with E-state index in [-0.39, 0.29) is 11.9 Å². The van der Waals surface area contributed by atoms with Crippen LogP contribution in [0.4, 0.5) is 0 Å². The molecule has 0 saturated carbocycles. The number of hydrogen-bond donors (Lipinski definition) is 1. The third kappa shape index (κ3) is 5.42. The first-order chi connectivity index (χ1) is 13.7. The van der Waals surface area contributed by atoms with E-state index in [4.69, 9.17) is 4.74 Å². The maximum Gasteiger partial charge on any atom is 0.221 e. The number of hydrogen-bond acceptors (Lipinski definition) is 6. The fourth-order valence-electron chi connectivity index (χ4n) is 2.80. The summed E-state index contributed by atoms with van der Waals surface area (Å²) in [7, 11) is 1.65.